The Morgan fingerprint density at radius 3 is 3.00 bits per heavy atom. The molecule has 0 atom stereocenters. The van der Waals surface area contributed by atoms with Crippen molar-refractivity contribution in [1.82, 2.24) is 0 Å². The third-order valence-corrected chi connectivity index (χ3v) is 0.377. The van der Waals surface area contributed by atoms with Crippen LogP contribution in [0.25, 0.3) is 0 Å². The molecule has 0 N–H and O–H groups in total. The van der Waals surface area contributed by atoms with Crippen molar-refractivity contribution in [3.8, 4) is 0 Å². The summed E-state index contributed by atoms with van der Waals surface area (Å²) in [7, 11) is 0. The van der Waals surface area contributed by atoms with Crippen LogP contribution in [0.1, 0.15) is 8.29 Å². The van der Waals surface area contributed by atoms with Crippen LogP contribution in [0.4, 0.5) is 0 Å². The fourth-order valence-corrected chi connectivity index (χ4v) is 0.153. The van der Waals surface area contributed by atoms with E-state index in [4.69, 9.17) is 1.37 Å². The molecule has 0 saturated carbocycles. The molecule has 0 unspecified atom stereocenters. The van der Waals surface area contributed by atoms with Gasteiger partial charge in [0.05, 0.1) is 1.37 Å². The molecule has 2 heteroatoms. The van der Waals surface area contributed by atoms with E-state index >= 15 is 0 Å². The first-order chi connectivity index (χ1) is 3.63. The number of hydrogen-bond donors (Lipinski definition) is 0. The van der Waals surface area contributed by atoms with Crippen LogP contribution in [0.2, 0.25) is 0 Å². The van der Waals surface area contributed by atoms with Crippen molar-refractivity contribution < 1.29 is 10.9 Å². The molecule has 0 spiro atoms. The Labute approximate surface area is 44.2 Å². The Morgan fingerprint density at radius 1 is 2.29 bits per heavy atom. The highest BCUT2D eigenvalue weighted by atomic mass is 16.5. The number of esters is 1. The first kappa shape index (κ1) is 4.37. The van der Waals surface area contributed by atoms with Gasteiger partial charge in [0.1, 0.15) is 6.61 Å². The summed E-state index contributed by atoms with van der Waals surface area (Å²) in [5.41, 5.74) is 0. The average molecular weight is 102 g/mol. The fraction of sp³-hybridized carbons (Fsp3) is 0.400. The molecule has 40 valence electrons. The molecule has 7 heavy (non-hydrogen) atoms. The Balaban J connectivity index is 3.18. The standard InChI is InChI=1S/C5H8O2/c1-3-4-7-5(2)6/h3H,1,4H2,2H3/i3T. The van der Waals surface area contributed by atoms with Gasteiger partial charge in [0, 0.05) is 6.92 Å². The number of carbonyl (C=O) groups is 1. The highest BCUT2D eigenvalue weighted by Crippen LogP contribution is 1.73. The van der Waals surface area contributed by atoms with E-state index in [1.807, 2.05) is 0 Å². The van der Waals surface area contributed by atoms with Gasteiger partial charge in [-0.1, -0.05) is 12.6 Å². The average Bonchev–Trinajstić information content (AvgIpc) is 1.61. The van der Waals surface area contributed by atoms with Crippen molar-refractivity contribution in [1.29, 1.82) is 0 Å². The van der Waals surface area contributed by atoms with Crippen molar-refractivity contribution in [2.75, 3.05) is 6.61 Å². The Hall–Kier alpha value is -0.790. The maximum absolute atomic E-state index is 10.0. The lowest BCUT2D eigenvalue weighted by Crippen LogP contribution is -1.96. The summed E-state index contributed by atoms with van der Waals surface area (Å²) in [6.07, 6.45) is 0. The minimum absolute atomic E-state index is 0.00926. The maximum Gasteiger partial charge on any atom is 0.302 e. The van der Waals surface area contributed by atoms with Crippen LogP contribution in [0.3, 0.4) is 0 Å². The third-order valence-electron chi connectivity index (χ3n) is 0.377. The number of hydrogen-bond acceptors (Lipinski definition) is 2. The Kier molecular flexibility index (Phi) is 2.12. The van der Waals surface area contributed by atoms with Gasteiger partial charge < -0.3 is 4.74 Å². The molecule has 0 aromatic heterocycles. The molecule has 0 aliphatic heterocycles. The quantitative estimate of drug-likeness (QED) is 0.379. The summed E-state index contributed by atoms with van der Waals surface area (Å²) in [4.78, 5) is 10.0. The largest absolute Gasteiger partial charge is 0.462 e. The molecule has 0 aromatic carbocycles. The molecule has 2 nitrogen and oxygen atoms in total. The van der Waals surface area contributed by atoms with Crippen LogP contribution in [0, 0.1) is 0 Å². The summed E-state index contributed by atoms with van der Waals surface area (Å²) in [5, 5.41) is 0. The number of ether oxygens (including phenoxy) is 1. The van der Waals surface area contributed by atoms with Crippen LogP contribution < -0.4 is 0 Å². The lowest BCUT2D eigenvalue weighted by atomic mass is 10.7. The molecular weight excluding hydrogens is 92.1 g/mol. The molecule has 0 aromatic rings. The third kappa shape index (κ3) is 5.21. The Morgan fingerprint density at radius 2 is 2.86 bits per heavy atom. The highest BCUT2D eigenvalue weighted by Gasteiger charge is 1.83. The second kappa shape index (κ2) is 3.40. The Bertz CT molecular complexity index is 95.0. The van der Waals surface area contributed by atoms with Crippen LogP contribution in [-0.2, 0) is 9.53 Å². The minimum atomic E-state index is -0.376. The van der Waals surface area contributed by atoms with Gasteiger partial charge in [-0.05, 0) is 0 Å². The second-order valence-electron chi connectivity index (χ2n) is 1.03. The summed E-state index contributed by atoms with van der Waals surface area (Å²) < 4.78 is 11.1. The first-order valence-electron chi connectivity index (χ1n) is 2.40. The monoisotopic (exact) mass is 102 g/mol. The molecule has 0 radical (unpaired) electrons. The van der Waals surface area contributed by atoms with Crippen LogP contribution >= 0.6 is 0 Å². The molecule has 0 rings (SSSR count). The van der Waals surface area contributed by atoms with E-state index in [0.29, 0.717) is 0 Å². The summed E-state index contributed by atoms with van der Waals surface area (Å²) in [5.74, 6) is -0.376. The van der Waals surface area contributed by atoms with Crippen LogP contribution in [0.5, 0.6) is 0 Å². The highest BCUT2D eigenvalue weighted by molar-refractivity contribution is 5.65. The predicted molar refractivity (Wildman–Crippen MR) is 26.8 cm³/mol. The molecular formula is C5H8O2. The van der Waals surface area contributed by atoms with Gasteiger partial charge in [0.25, 0.3) is 0 Å². The zero-order valence-corrected chi connectivity index (χ0v) is 4.23. The van der Waals surface area contributed by atoms with Crippen molar-refractivity contribution in [2.45, 2.75) is 6.92 Å². The van der Waals surface area contributed by atoms with Crippen molar-refractivity contribution >= 4 is 5.97 Å². The fourth-order valence-electron chi connectivity index (χ4n) is 0.153. The number of rotatable bonds is 2. The SMILES string of the molecule is [3H]C(=C)COC(C)=O. The van der Waals surface area contributed by atoms with Gasteiger partial charge in [-0.2, -0.15) is 0 Å². The van der Waals surface area contributed by atoms with Crippen molar-refractivity contribution in [2.24, 2.45) is 0 Å². The van der Waals surface area contributed by atoms with E-state index in [1.54, 1.807) is 0 Å². The molecule has 0 aliphatic rings. The van der Waals surface area contributed by atoms with E-state index in [9.17, 15) is 4.79 Å². The lowest BCUT2D eigenvalue weighted by molar-refractivity contribution is -0.139. The zero-order chi connectivity index (χ0) is 6.57. The van der Waals surface area contributed by atoms with Crippen molar-refractivity contribution in [3.63, 3.8) is 0 Å². The van der Waals surface area contributed by atoms with Gasteiger partial charge in [0.2, 0.25) is 0 Å². The van der Waals surface area contributed by atoms with Crippen LogP contribution in [0.15, 0.2) is 12.6 Å². The molecule has 0 bridgehead atoms. The summed E-state index contributed by atoms with van der Waals surface area (Å²) >= 11 is 0. The van der Waals surface area contributed by atoms with E-state index in [1.165, 1.54) is 6.92 Å². The van der Waals surface area contributed by atoms with E-state index in [2.05, 4.69) is 11.3 Å². The van der Waals surface area contributed by atoms with E-state index in [0.717, 1.165) is 0 Å². The molecule has 0 saturated heterocycles. The summed E-state index contributed by atoms with van der Waals surface area (Å²) in [6, 6.07) is 0.111. The normalized spacial score (nSPS) is 9.57. The summed E-state index contributed by atoms with van der Waals surface area (Å²) in [6.45, 7) is 4.52. The van der Waals surface area contributed by atoms with Gasteiger partial charge >= 0.3 is 5.97 Å². The van der Waals surface area contributed by atoms with Crippen LogP contribution in [-0.4, -0.2) is 12.6 Å². The van der Waals surface area contributed by atoms with Gasteiger partial charge in [-0.15, -0.1) is 0 Å². The first-order valence-corrected chi connectivity index (χ1v) is 1.90. The van der Waals surface area contributed by atoms with Gasteiger partial charge in [-0.25, -0.2) is 0 Å². The smallest absolute Gasteiger partial charge is 0.302 e. The predicted octanol–water partition coefficient (Wildman–Crippen LogP) is 0.736. The van der Waals surface area contributed by atoms with E-state index < -0.39 is 0 Å². The van der Waals surface area contributed by atoms with Gasteiger partial charge in [0.15, 0.2) is 0 Å². The molecule has 0 aliphatic carbocycles. The lowest BCUT2D eigenvalue weighted by Gasteiger charge is -1.90. The topological polar surface area (TPSA) is 26.3 Å². The second-order valence-corrected chi connectivity index (χ2v) is 1.03. The minimum Gasteiger partial charge on any atom is -0.462 e. The maximum atomic E-state index is 10.0. The molecule has 0 fully saturated rings. The molecule has 0 heterocycles. The van der Waals surface area contributed by atoms with Gasteiger partial charge in [-0.3, -0.25) is 4.79 Å². The molecule has 0 amide bonds. The number of carbonyl (C=O) groups excluding carboxylic acids is 1. The van der Waals surface area contributed by atoms with Crippen molar-refractivity contribution in [3.05, 3.63) is 12.6 Å². The van der Waals surface area contributed by atoms with E-state index in [-0.39, 0.29) is 18.6 Å². The zero-order valence-electron chi connectivity index (χ0n) is 5.23.